The second kappa shape index (κ2) is 6.38. The zero-order valence-electron chi connectivity index (χ0n) is 9.53. The zero-order valence-corrected chi connectivity index (χ0v) is 10.3. The van der Waals surface area contributed by atoms with Crippen LogP contribution < -0.4 is 5.32 Å². The Labute approximate surface area is 96.0 Å². The Morgan fingerprint density at radius 1 is 1.60 bits per heavy atom. The molecule has 88 valence electrons. The Hall–Kier alpha value is -0.220. The largest absolute Gasteiger partial charge is 0.481 e. The molecule has 0 bridgehead atoms. The highest BCUT2D eigenvalue weighted by molar-refractivity contribution is 7.99. The van der Waals surface area contributed by atoms with Gasteiger partial charge in [0.25, 0.3) is 0 Å². The first-order chi connectivity index (χ1) is 7.13. The van der Waals surface area contributed by atoms with Crippen molar-refractivity contribution in [2.45, 2.75) is 56.9 Å². The van der Waals surface area contributed by atoms with Crippen molar-refractivity contribution in [2.75, 3.05) is 5.75 Å². The summed E-state index contributed by atoms with van der Waals surface area (Å²) in [6, 6.07) is 0.606. The van der Waals surface area contributed by atoms with Gasteiger partial charge in [-0.2, -0.15) is 11.8 Å². The maximum Gasteiger partial charge on any atom is 0.304 e. The predicted molar refractivity (Wildman–Crippen MR) is 64.4 cm³/mol. The van der Waals surface area contributed by atoms with E-state index >= 15 is 0 Å². The van der Waals surface area contributed by atoms with Crippen LogP contribution in [0.1, 0.15) is 39.5 Å². The minimum atomic E-state index is -0.715. The van der Waals surface area contributed by atoms with Gasteiger partial charge < -0.3 is 10.4 Å². The molecule has 1 saturated carbocycles. The van der Waals surface area contributed by atoms with Crippen molar-refractivity contribution in [3.63, 3.8) is 0 Å². The highest BCUT2D eigenvalue weighted by Crippen LogP contribution is 2.30. The van der Waals surface area contributed by atoms with Crippen LogP contribution in [0.5, 0.6) is 0 Å². The normalized spacial score (nSPS) is 27.9. The lowest BCUT2D eigenvalue weighted by Crippen LogP contribution is -2.41. The molecule has 0 amide bonds. The third-order valence-corrected chi connectivity index (χ3v) is 4.14. The van der Waals surface area contributed by atoms with Crippen LogP contribution in [-0.2, 0) is 4.79 Å². The van der Waals surface area contributed by atoms with Gasteiger partial charge in [0.1, 0.15) is 0 Å². The van der Waals surface area contributed by atoms with Crippen LogP contribution in [0.25, 0.3) is 0 Å². The predicted octanol–water partition coefficient (Wildman–Crippen LogP) is 2.11. The molecular weight excluding hydrogens is 210 g/mol. The molecule has 1 fully saturated rings. The third kappa shape index (κ3) is 4.43. The molecule has 0 aliphatic heterocycles. The fourth-order valence-electron chi connectivity index (χ4n) is 2.22. The second-order valence-electron chi connectivity index (χ2n) is 4.20. The number of thioether (sulfide) groups is 1. The summed E-state index contributed by atoms with van der Waals surface area (Å²) in [4.78, 5) is 10.5. The number of hydrogen-bond acceptors (Lipinski definition) is 3. The molecule has 0 aromatic rings. The van der Waals surface area contributed by atoms with E-state index in [1.165, 1.54) is 19.3 Å². The number of rotatable bonds is 6. The number of carboxylic acid groups (broad SMARTS) is 1. The van der Waals surface area contributed by atoms with Crippen molar-refractivity contribution >= 4 is 17.7 Å². The first-order valence-corrected chi connectivity index (χ1v) is 6.77. The first-order valence-electron chi connectivity index (χ1n) is 5.73. The summed E-state index contributed by atoms with van der Waals surface area (Å²) in [5, 5.41) is 12.8. The number of carbonyl (C=O) groups is 1. The minimum absolute atomic E-state index is 0.0885. The van der Waals surface area contributed by atoms with Gasteiger partial charge in [-0.15, -0.1) is 0 Å². The lowest BCUT2D eigenvalue weighted by Gasteiger charge is -2.23. The Morgan fingerprint density at radius 3 is 2.93 bits per heavy atom. The van der Waals surface area contributed by atoms with Crippen LogP contribution in [0, 0.1) is 0 Å². The molecule has 2 N–H and O–H groups in total. The van der Waals surface area contributed by atoms with E-state index in [2.05, 4.69) is 12.2 Å². The first kappa shape index (κ1) is 12.8. The third-order valence-electron chi connectivity index (χ3n) is 2.81. The van der Waals surface area contributed by atoms with Gasteiger partial charge in [0.05, 0.1) is 6.42 Å². The van der Waals surface area contributed by atoms with Crippen molar-refractivity contribution in [1.29, 1.82) is 0 Å². The Bertz CT molecular complexity index is 211. The molecule has 15 heavy (non-hydrogen) atoms. The Kier molecular flexibility index (Phi) is 5.47. The number of aliphatic carboxylic acids is 1. The van der Waals surface area contributed by atoms with Gasteiger partial charge in [0.15, 0.2) is 0 Å². The topological polar surface area (TPSA) is 49.3 Å². The van der Waals surface area contributed by atoms with E-state index in [1.807, 2.05) is 18.7 Å². The fourth-order valence-corrected chi connectivity index (χ4v) is 3.42. The summed E-state index contributed by atoms with van der Waals surface area (Å²) in [7, 11) is 0. The van der Waals surface area contributed by atoms with Crippen molar-refractivity contribution in [2.24, 2.45) is 0 Å². The van der Waals surface area contributed by atoms with Crippen molar-refractivity contribution in [1.82, 2.24) is 5.32 Å². The number of hydrogen-bond donors (Lipinski definition) is 2. The highest BCUT2D eigenvalue weighted by Gasteiger charge is 2.28. The van der Waals surface area contributed by atoms with Crippen LogP contribution in [0.3, 0.4) is 0 Å². The molecule has 3 atom stereocenters. The molecule has 1 aliphatic rings. The molecule has 1 rings (SSSR count). The van der Waals surface area contributed by atoms with E-state index in [0.29, 0.717) is 11.3 Å². The molecule has 3 nitrogen and oxygen atoms in total. The minimum Gasteiger partial charge on any atom is -0.481 e. The number of nitrogens with one attached hydrogen (secondary N) is 1. The van der Waals surface area contributed by atoms with Crippen molar-refractivity contribution in [3.05, 3.63) is 0 Å². The molecule has 0 radical (unpaired) electrons. The van der Waals surface area contributed by atoms with Gasteiger partial charge in [-0.1, -0.05) is 13.3 Å². The molecule has 0 saturated heterocycles. The van der Waals surface area contributed by atoms with Crippen LogP contribution in [-0.4, -0.2) is 34.2 Å². The Balaban J connectivity index is 2.32. The molecule has 4 heteroatoms. The lowest BCUT2D eigenvalue weighted by molar-refractivity contribution is -0.137. The molecular formula is C11H21NO2S. The van der Waals surface area contributed by atoms with Crippen molar-refractivity contribution < 1.29 is 9.90 Å². The molecule has 0 spiro atoms. The summed E-state index contributed by atoms with van der Waals surface area (Å²) in [5.74, 6) is 0.434. The van der Waals surface area contributed by atoms with Crippen LogP contribution in [0.15, 0.2) is 0 Å². The summed E-state index contributed by atoms with van der Waals surface area (Å²) < 4.78 is 0. The summed E-state index contributed by atoms with van der Waals surface area (Å²) in [5.41, 5.74) is 0. The quantitative estimate of drug-likeness (QED) is 0.735. The fraction of sp³-hybridized carbons (Fsp3) is 0.909. The average Bonchev–Trinajstić information content (AvgIpc) is 2.52. The molecule has 1 aliphatic carbocycles. The van der Waals surface area contributed by atoms with Crippen LogP contribution in [0.4, 0.5) is 0 Å². The smallest absolute Gasteiger partial charge is 0.304 e. The average molecular weight is 231 g/mol. The van der Waals surface area contributed by atoms with E-state index in [0.717, 1.165) is 5.75 Å². The van der Waals surface area contributed by atoms with Gasteiger partial charge in [0, 0.05) is 17.3 Å². The van der Waals surface area contributed by atoms with E-state index in [1.54, 1.807) is 0 Å². The highest BCUT2D eigenvalue weighted by atomic mass is 32.2. The SMILES string of the molecule is CCSC1CCCC1NC(C)CC(=O)O. The molecule has 0 aromatic carbocycles. The summed E-state index contributed by atoms with van der Waals surface area (Å²) in [6.45, 7) is 4.14. The van der Waals surface area contributed by atoms with E-state index in [9.17, 15) is 4.79 Å². The zero-order chi connectivity index (χ0) is 11.3. The van der Waals surface area contributed by atoms with E-state index < -0.39 is 5.97 Å². The van der Waals surface area contributed by atoms with Gasteiger partial charge in [-0.3, -0.25) is 4.79 Å². The van der Waals surface area contributed by atoms with Gasteiger partial charge in [-0.25, -0.2) is 0 Å². The van der Waals surface area contributed by atoms with Crippen LogP contribution in [0.2, 0.25) is 0 Å². The van der Waals surface area contributed by atoms with Gasteiger partial charge >= 0.3 is 5.97 Å². The molecule has 3 unspecified atom stereocenters. The van der Waals surface area contributed by atoms with E-state index in [4.69, 9.17) is 5.11 Å². The van der Waals surface area contributed by atoms with Gasteiger partial charge in [0.2, 0.25) is 0 Å². The lowest BCUT2D eigenvalue weighted by atomic mass is 10.1. The maximum absolute atomic E-state index is 10.5. The van der Waals surface area contributed by atoms with Crippen molar-refractivity contribution in [3.8, 4) is 0 Å². The van der Waals surface area contributed by atoms with E-state index in [-0.39, 0.29) is 12.5 Å². The number of carboxylic acids is 1. The van der Waals surface area contributed by atoms with Gasteiger partial charge in [-0.05, 0) is 25.5 Å². The summed E-state index contributed by atoms with van der Waals surface area (Å²) in [6.07, 6.45) is 3.97. The summed E-state index contributed by atoms with van der Waals surface area (Å²) >= 11 is 2.00. The monoisotopic (exact) mass is 231 g/mol. The molecule has 0 aromatic heterocycles. The second-order valence-corrected chi connectivity index (χ2v) is 5.71. The Morgan fingerprint density at radius 2 is 2.33 bits per heavy atom. The maximum atomic E-state index is 10.5. The standard InChI is InChI=1S/C11H21NO2S/c1-3-15-10-6-4-5-9(10)12-8(2)7-11(13)14/h8-10,12H,3-7H2,1-2H3,(H,13,14). The molecule has 0 heterocycles. The van der Waals surface area contributed by atoms with Crippen LogP contribution >= 0.6 is 11.8 Å².